The Hall–Kier alpha value is -0.160. The van der Waals surface area contributed by atoms with Crippen molar-refractivity contribution in [1.29, 1.82) is 0 Å². The lowest BCUT2D eigenvalue weighted by Gasteiger charge is -2.24. The van der Waals surface area contributed by atoms with Gasteiger partial charge in [-0.05, 0) is 12.8 Å². The molecule has 1 heterocycles. The van der Waals surface area contributed by atoms with E-state index in [-0.39, 0.29) is 0 Å². The van der Waals surface area contributed by atoms with Crippen molar-refractivity contribution < 1.29 is 19.7 Å². The van der Waals surface area contributed by atoms with Crippen LogP contribution in [0.25, 0.3) is 0 Å². The molecule has 0 amide bonds. The van der Waals surface area contributed by atoms with E-state index in [0.717, 1.165) is 0 Å². The van der Waals surface area contributed by atoms with Gasteiger partial charge in [-0.1, -0.05) is 13.8 Å². The zero-order valence-corrected chi connectivity index (χ0v) is 8.01. The third-order valence-corrected chi connectivity index (χ3v) is 2.34. The van der Waals surface area contributed by atoms with Crippen molar-refractivity contribution in [1.82, 2.24) is 0 Å². The molecule has 0 aromatic rings. The Labute approximate surface area is 78.5 Å². The molecular weight excluding hydrogens is 172 g/mol. The molecule has 1 aliphatic heterocycles. The predicted octanol–water partition coefficient (Wildman–Crippen LogP) is 0.431. The number of ether oxygens (including phenoxy) is 2. The lowest BCUT2D eigenvalue weighted by Crippen LogP contribution is -2.41. The van der Waals surface area contributed by atoms with E-state index in [1.54, 1.807) is 0 Å². The maximum Gasteiger partial charge on any atom is 0.210 e. The first-order chi connectivity index (χ1) is 6.20. The Morgan fingerprint density at radius 3 is 1.77 bits per heavy atom. The van der Waals surface area contributed by atoms with Gasteiger partial charge in [0.05, 0.1) is 12.2 Å². The largest absolute Gasteiger partial charge is 0.390 e. The monoisotopic (exact) mass is 189 g/mol. The first kappa shape index (κ1) is 10.9. The molecule has 0 spiro atoms. The minimum Gasteiger partial charge on any atom is -0.390 e. The van der Waals surface area contributed by atoms with Crippen LogP contribution in [0, 0.1) is 6.79 Å². The van der Waals surface area contributed by atoms with Crippen molar-refractivity contribution in [2.45, 2.75) is 51.1 Å². The quantitative estimate of drug-likeness (QED) is 0.673. The second-order valence-electron chi connectivity index (χ2n) is 3.25. The Morgan fingerprint density at radius 1 is 1.08 bits per heavy atom. The highest BCUT2D eigenvalue weighted by Gasteiger charge is 2.38. The third kappa shape index (κ3) is 2.40. The first-order valence-corrected chi connectivity index (χ1v) is 4.69. The van der Waals surface area contributed by atoms with E-state index in [1.165, 1.54) is 6.79 Å². The van der Waals surface area contributed by atoms with Crippen molar-refractivity contribution in [2.24, 2.45) is 0 Å². The molecule has 4 unspecified atom stereocenters. The second-order valence-corrected chi connectivity index (χ2v) is 3.25. The van der Waals surface area contributed by atoms with Gasteiger partial charge in [0, 0.05) is 0 Å². The molecule has 0 bridgehead atoms. The van der Waals surface area contributed by atoms with Crippen molar-refractivity contribution >= 4 is 0 Å². The standard InChI is InChI=1S/C9H17O4/c1-3-6(10)8-9(7(11)4-2)13-5-12-8/h5-11H,3-4H2,1-2H3. The maximum atomic E-state index is 9.54. The minimum atomic E-state index is -0.579. The number of aliphatic hydroxyl groups is 2. The zero-order valence-electron chi connectivity index (χ0n) is 8.01. The Bertz CT molecular complexity index is 135. The van der Waals surface area contributed by atoms with Gasteiger partial charge in [-0.15, -0.1) is 0 Å². The SMILES string of the molecule is CCC(O)C1O[CH]OC1C(O)CC. The molecule has 4 atom stereocenters. The van der Waals surface area contributed by atoms with E-state index >= 15 is 0 Å². The van der Waals surface area contributed by atoms with Gasteiger partial charge >= 0.3 is 0 Å². The van der Waals surface area contributed by atoms with E-state index in [4.69, 9.17) is 9.47 Å². The van der Waals surface area contributed by atoms with Crippen molar-refractivity contribution in [2.75, 3.05) is 0 Å². The summed E-state index contributed by atoms with van der Waals surface area (Å²) < 4.78 is 10.2. The van der Waals surface area contributed by atoms with Crippen molar-refractivity contribution in [3.05, 3.63) is 6.79 Å². The molecule has 4 nitrogen and oxygen atoms in total. The average molecular weight is 189 g/mol. The molecule has 0 aromatic carbocycles. The topological polar surface area (TPSA) is 58.9 Å². The highest BCUT2D eigenvalue weighted by Crippen LogP contribution is 2.24. The normalized spacial score (nSPS) is 33.2. The molecule has 1 fully saturated rings. The van der Waals surface area contributed by atoms with Crippen LogP contribution in [0.1, 0.15) is 26.7 Å². The second kappa shape index (κ2) is 4.91. The van der Waals surface area contributed by atoms with Gasteiger partial charge in [0.25, 0.3) is 0 Å². The molecule has 0 saturated carbocycles. The molecule has 13 heavy (non-hydrogen) atoms. The van der Waals surface area contributed by atoms with Gasteiger partial charge in [-0.25, -0.2) is 0 Å². The number of hydrogen-bond donors (Lipinski definition) is 2. The lowest BCUT2D eigenvalue weighted by atomic mass is 10.0. The van der Waals surface area contributed by atoms with Crippen LogP contribution in [0.5, 0.6) is 0 Å². The minimum absolute atomic E-state index is 0.431. The van der Waals surface area contributed by atoms with E-state index in [2.05, 4.69) is 0 Å². The van der Waals surface area contributed by atoms with Crippen LogP contribution >= 0.6 is 0 Å². The first-order valence-electron chi connectivity index (χ1n) is 4.69. The van der Waals surface area contributed by atoms with Crippen LogP contribution in [-0.4, -0.2) is 34.6 Å². The number of aliphatic hydroxyl groups excluding tert-OH is 2. The molecule has 1 aliphatic rings. The van der Waals surface area contributed by atoms with Crippen LogP contribution in [0.2, 0.25) is 0 Å². The maximum absolute atomic E-state index is 9.54. The Kier molecular flexibility index (Phi) is 4.12. The highest BCUT2D eigenvalue weighted by molar-refractivity contribution is 4.87. The summed E-state index contributed by atoms with van der Waals surface area (Å²) in [6.07, 6.45) is -0.835. The van der Waals surface area contributed by atoms with Crippen molar-refractivity contribution in [3.63, 3.8) is 0 Å². The summed E-state index contributed by atoms with van der Waals surface area (Å²) in [5.41, 5.74) is 0. The van der Waals surface area contributed by atoms with Crippen molar-refractivity contribution in [3.8, 4) is 0 Å². The van der Waals surface area contributed by atoms with Crippen LogP contribution in [0.3, 0.4) is 0 Å². The van der Waals surface area contributed by atoms with E-state index < -0.39 is 24.4 Å². The summed E-state index contributed by atoms with van der Waals surface area (Å²) in [7, 11) is 0. The van der Waals surface area contributed by atoms with Gasteiger partial charge in [-0.2, -0.15) is 0 Å². The summed E-state index contributed by atoms with van der Waals surface area (Å²) in [5, 5.41) is 19.1. The fourth-order valence-electron chi connectivity index (χ4n) is 1.40. The third-order valence-electron chi connectivity index (χ3n) is 2.34. The lowest BCUT2D eigenvalue weighted by molar-refractivity contribution is -0.0362. The summed E-state index contributed by atoms with van der Waals surface area (Å²) in [4.78, 5) is 0. The predicted molar refractivity (Wildman–Crippen MR) is 46.6 cm³/mol. The summed E-state index contributed by atoms with van der Waals surface area (Å²) in [6.45, 7) is 4.93. The van der Waals surface area contributed by atoms with Crippen LogP contribution in [0.4, 0.5) is 0 Å². The molecule has 0 aromatic heterocycles. The van der Waals surface area contributed by atoms with E-state index in [9.17, 15) is 10.2 Å². The molecule has 0 aliphatic carbocycles. The molecule has 1 saturated heterocycles. The molecular formula is C9H17O4. The molecule has 2 N–H and O–H groups in total. The van der Waals surface area contributed by atoms with E-state index in [0.29, 0.717) is 12.8 Å². The Balaban J connectivity index is 2.52. The van der Waals surface area contributed by atoms with Gasteiger partial charge in [0.1, 0.15) is 12.2 Å². The van der Waals surface area contributed by atoms with Gasteiger partial charge < -0.3 is 19.7 Å². The number of rotatable bonds is 4. The van der Waals surface area contributed by atoms with E-state index in [1.807, 2.05) is 13.8 Å². The highest BCUT2D eigenvalue weighted by atomic mass is 16.7. The van der Waals surface area contributed by atoms with Crippen LogP contribution in [0.15, 0.2) is 0 Å². The van der Waals surface area contributed by atoms with Crippen LogP contribution in [-0.2, 0) is 9.47 Å². The zero-order chi connectivity index (χ0) is 9.84. The summed E-state index contributed by atoms with van der Waals surface area (Å²) in [6, 6.07) is 0. The van der Waals surface area contributed by atoms with Gasteiger partial charge in [0.2, 0.25) is 6.79 Å². The summed E-state index contributed by atoms with van der Waals surface area (Å²) in [5.74, 6) is 0. The molecule has 77 valence electrons. The molecule has 4 heteroatoms. The molecule has 1 radical (unpaired) electrons. The Morgan fingerprint density at radius 2 is 1.46 bits per heavy atom. The average Bonchev–Trinajstić information content (AvgIpc) is 2.63. The number of hydrogen-bond acceptors (Lipinski definition) is 4. The molecule has 1 rings (SSSR count). The van der Waals surface area contributed by atoms with Gasteiger partial charge in [-0.3, -0.25) is 0 Å². The van der Waals surface area contributed by atoms with Gasteiger partial charge in [0.15, 0.2) is 0 Å². The summed E-state index contributed by atoms with van der Waals surface area (Å²) >= 11 is 0. The van der Waals surface area contributed by atoms with Crippen LogP contribution < -0.4 is 0 Å². The fourth-order valence-corrected chi connectivity index (χ4v) is 1.40. The fraction of sp³-hybridized carbons (Fsp3) is 0.889. The smallest absolute Gasteiger partial charge is 0.210 e.